The van der Waals surface area contributed by atoms with E-state index >= 15 is 0 Å². The van der Waals surface area contributed by atoms with Gasteiger partial charge in [-0.1, -0.05) is 23.2 Å². The third-order valence-corrected chi connectivity index (χ3v) is 3.83. The lowest BCUT2D eigenvalue weighted by Gasteiger charge is -2.11. The number of nitrogens with two attached hydrogens (primary N) is 1. The number of hydrogen-bond donors (Lipinski definition) is 2. The Bertz CT molecular complexity index is 585. The Morgan fingerprint density at radius 1 is 1.33 bits per heavy atom. The van der Waals surface area contributed by atoms with E-state index in [1.54, 1.807) is 13.8 Å². The van der Waals surface area contributed by atoms with Crippen LogP contribution in [0.5, 0.6) is 0 Å². The van der Waals surface area contributed by atoms with Crippen molar-refractivity contribution < 1.29 is 13.2 Å². The van der Waals surface area contributed by atoms with Crippen molar-refractivity contribution >= 4 is 39.1 Å². The Balaban J connectivity index is 3.34. The molecule has 0 fully saturated rings. The molecule has 0 saturated carbocycles. The Labute approximate surface area is 115 Å². The van der Waals surface area contributed by atoms with Gasteiger partial charge < -0.3 is 5.32 Å². The number of carbonyl (C=O) groups excluding carboxylic acids is 1. The fraction of sp³-hybridized carbons (Fsp3) is 0.300. The fourth-order valence-electron chi connectivity index (χ4n) is 1.25. The highest BCUT2D eigenvalue weighted by Gasteiger charge is 2.19. The highest BCUT2D eigenvalue weighted by Crippen LogP contribution is 2.30. The molecule has 0 unspecified atom stereocenters. The van der Waals surface area contributed by atoms with Gasteiger partial charge in [0.25, 0.3) is 5.91 Å². The van der Waals surface area contributed by atoms with Gasteiger partial charge in [-0.25, -0.2) is 13.6 Å². The molecule has 18 heavy (non-hydrogen) atoms. The second kappa shape index (κ2) is 5.44. The van der Waals surface area contributed by atoms with E-state index in [0.717, 1.165) is 6.07 Å². The minimum atomic E-state index is -4.04. The van der Waals surface area contributed by atoms with Crippen LogP contribution in [0.3, 0.4) is 0 Å². The molecule has 3 N–H and O–H groups in total. The number of hydrogen-bond acceptors (Lipinski definition) is 3. The molecule has 0 radical (unpaired) electrons. The molecule has 1 aromatic rings. The largest absolute Gasteiger partial charge is 0.350 e. The van der Waals surface area contributed by atoms with E-state index in [1.807, 2.05) is 0 Å². The quantitative estimate of drug-likeness (QED) is 0.891. The van der Waals surface area contributed by atoms with Gasteiger partial charge in [-0.3, -0.25) is 4.79 Å². The molecular weight excluding hydrogens is 299 g/mol. The topological polar surface area (TPSA) is 89.3 Å². The predicted octanol–water partition coefficient (Wildman–Crippen LogP) is 1.78. The first-order valence-electron chi connectivity index (χ1n) is 4.95. The zero-order valence-corrected chi connectivity index (χ0v) is 12.0. The van der Waals surface area contributed by atoms with Gasteiger partial charge in [0.2, 0.25) is 10.0 Å². The second-order valence-corrected chi connectivity index (χ2v) is 6.26. The maximum Gasteiger partial charge on any atom is 0.251 e. The molecule has 0 aromatic heterocycles. The monoisotopic (exact) mass is 310 g/mol. The van der Waals surface area contributed by atoms with Crippen LogP contribution in [0.2, 0.25) is 10.0 Å². The summed E-state index contributed by atoms with van der Waals surface area (Å²) in [5.74, 6) is -0.450. The number of benzene rings is 1. The molecule has 5 nitrogen and oxygen atoms in total. The molecule has 0 saturated heterocycles. The standard InChI is InChI=1S/C10H12Cl2N2O3S/c1-5(2)14-10(15)6-3-7(11)9(12)8(4-6)18(13,16)17/h3-5H,1-2H3,(H,14,15)(H2,13,16,17). The molecule has 0 bridgehead atoms. The second-order valence-electron chi connectivity index (χ2n) is 3.94. The molecular formula is C10H12Cl2N2O3S. The zero-order chi connectivity index (χ0) is 14.1. The summed E-state index contributed by atoms with van der Waals surface area (Å²) >= 11 is 11.5. The van der Waals surface area contributed by atoms with Gasteiger partial charge in [-0.15, -0.1) is 0 Å². The van der Waals surface area contributed by atoms with E-state index in [1.165, 1.54) is 6.07 Å². The first-order valence-corrected chi connectivity index (χ1v) is 7.26. The van der Waals surface area contributed by atoms with Crippen molar-refractivity contribution in [3.05, 3.63) is 27.7 Å². The summed E-state index contributed by atoms with van der Waals surface area (Å²) in [6.07, 6.45) is 0. The van der Waals surface area contributed by atoms with E-state index in [2.05, 4.69) is 5.32 Å². The first-order chi connectivity index (χ1) is 8.12. The molecule has 0 heterocycles. The fourth-order valence-corrected chi connectivity index (χ4v) is 2.61. The average molecular weight is 311 g/mol. The molecule has 0 aliphatic carbocycles. The summed E-state index contributed by atoms with van der Waals surface area (Å²) in [4.78, 5) is 11.4. The maximum atomic E-state index is 11.7. The number of carbonyl (C=O) groups is 1. The van der Waals surface area contributed by atoms with Gasteiger partial charge in [0.1, 0.15) is 4.90 Å². The molecule has 1 amide bonds. The van der Waals surface area contributed by atoms with E-state index in [0.29, 0.717) is 0 Å². The lowest BCUT2D eigenvalue weighted by molar-refractivity contribution is 0.0943. The highest BCUT2D eigenvalue weighted by molar-refractivity contribution is 7.89. The van der Waals surface area contributed by atoms with Gasteiger partial charge in [0.15, 0.2) is 0 Å². The van der Waals surface area contributed by atoms with Crippen molar-refractivity contribution in [2.24, 2.45) is 5.14 Å². The molecule has 0 aliphatic heterocycles. The summed E-state index contributed by atoms with van der Waals surface area (Å²) in [5.41, 5.74) is 0.0853. The minimum absolute atomic E-state index is 0.0444. The Kier molecular flexibility index (Phi) is 4.61. The number of rotatable bonds is 3. The number of amides is 1. The molecule has 0 spiro atoms. The SMILES string of the molecule is CC(C)NC(=O)c1cc(Cl)c(Cl)c(S(N)(=O)=O)c1. The van der Waals surface area contributed by atoms with Gasteiger partial charge in [-0.2, -0.15) is 0 Å². The lowest BCUT2D eigenvalue weighted by atomic mass is 10.2. The lowest BCUT2D eigenvalue weighted by Crippen LogP contribution is -2.30. The Morgan fingerprint density at radius 3 is 2.33 bits per heavy atom. The molecule has 8 heteroatoms. The molecule has 1 aromatic carbocycles. The Morgan fingerprint density at radius 2 is 1.89 bits per heavy atom. The van der Waals surface area contributed by atoms with Crippen LogP contribution in [0.15, 0.2) is 17.0 Å². The molecule has 0 aliphatic rings. The summed E-state index contributed by atoms with van der Waals surface area (Å²) in [6, 6.07) is 2.29. The predicted molar refractivity (Wildman–Crippen MR) is 70.4 cm³/mol. The van der Waals surface area contributed by atoms with E-state index in [9.17, 15) is 13.2 Å². The molecule has 0 atom stereocenters. The van der Waals surface area contributed by atoms with E-state index in [-0.39, 0.29) is 26.5 Å². The molecule has 1 rings (SSSR count). The van der Waals surface area contributed by atoms with Crippen molar-refractivity contribution in [2.75, 3.05) is 0 Å². The van der Waals surface area contributed by atoms with Crippen molar-refractivity contribution in [1.29, 1.82) is 0 Å². The summed E-state index contributed by atoms with van der Waals surface area (Å²) in [5, 5.41) is 7.36. The number of nitrogens with one attached hydrogen (secondary N) is 1. The van der Waals surface area contributed by atoms with Crippen LogP contribution in [-0.2, 0) is 10.0 Å². The third-order valence-electron chi connectivity index (χ3n) is 1.98. The number of primary sulfonamides is 1. The summed E-state index contributed by atoms with van der Waals surface area (Å²) in [6.45, 7) is 3.55. The average Bonchev–Trinajstić information content (AvgIpc) is 2.18. The normalized spacial score (nSPS) is 11.7. The van der Waals surface area contributed by atoms with Crippen molar-refractivity contribution in [3.8, 4) is 0 Å². The van der Waals surface area contributed by atoms with Crippen LogP contribution >= 0.6 is 23.2 Å². The zero-order valence-electron chi connectivity index (χ0n) is 9.70. The van der Waals surface area contributed by atoms with Crippen LogP contribution in [0.4, 0.5) is 0 Å². The van der Waals surface area contributed by atoms with E-state index in [4.69, 9.17) is 28.3 Å². The van der Waals surface area contributed by atoms with Crippen molar-refractivity contribution in [2.45, 2.75) is 24.8 Å². The van der Waals surface area contributed by atoms with Crippen molar-refractivity contribution in [3.63, 3.8) is 0 Å². The number of halogens is 2. The van der Waals surface area contributed by atoms with Crippen LogP contribution in [0, 0.1) is 0 Å². The maximum absolute atomic E-state index is 11.7. The Hall–Kier alpha value is -0.820. The van der Waals surface area contributed by atoms with Gasteiger partial charge in [0.05, 0.1) is 10.0 Å². The van der Waals surface area contributed by atoms with Crippen molar-refractivity contribution in [1.82, 2.24) is 5.32 Å². The summed E-state index contributed by atoms with van der Waals surface area (Å²) < 4.78 is 22.6. The van der Waals surface area contributed by atoms with Gasteiger partial charge >= 0.3 is 0 Å². The van der Waals surface area contributed by atoms with Crippen LogP contribution in [0.1, 0.15) is 24.2 Å². The van der Waals surface area contributed by atoms with E-state index < -0.39 is 15.9 Å². The van der Waals surface area contributed by atoms with Crippen LogP contribution in [-0.4, -0.2) is 20.4 Å². The first kappa shape index (κ1) is 15.2. The van der Waals surface area contributed by atoms with Gasteiger partial charge in [0, 0.05) is 11.6 Å². The summed E-state index contributed by atoms with van der Waals surface area (Å²) in [7, 11) is -4.04. The van der Waals surface area contributed by atoms with Crippen LogP contribution in [0.25, 0.3) is 0 Å². The molecule has 100 valence electrons. The highest BCUT2D eigenvalue weighted by atomic mass is 35.5. The smallest absolute Gasteiger partial charge is 0.251 e. The van der Waals surface area contributed by atoms with Gasteiger partial charge in [-0.05, 0) is 26.0 Å². The van der Waals surface area contributed by atoms with Crippen LogP contribution < -0.4 is 10.5 Å². The minimum Gasteiger partial charge on any atom is -0.350 e. The number of sulfonamides is 1. The third kappa shape index (κ3) is 3.58.